The number of hydrogen-bond acceptors (Lipinski definition) is 4. The summed E-state index contributed by atoms with van der Waals surface area (Å²) < 4.78 is 11.4. The van der Waals surface area contributed by atoms with Crippen molar-refractivity contribution in [1.29, 1.82) is 0 Å². The molecule has 0 saturated carbocycles. The van der Waals surface area contributed by atoms with E-state index in [0.717, 1.165) is 0 Å². The van der Waals surface area contributed by atoms with E-state index in [1.54, 1.807) is 0 Å². The van der Waals surface area contributed by atoms with Crippen molar-refractivity contribution in [3.05, 3.63) is 12.4 Å². The maximum absolute atomic E-state index is 11.4. The van der Waals surface area contributed by atoms with Crippen molar-refractivity contribution in [1.82, 2.24) is 15.4 Å². The van der Waals surface area contributed by atoms with Crippen LogP contribution in [0.2, 0.25) is 0 Å². The van der Waals surface area contributed by atoms with Gasteiger partial charge in [-0.25, -0.2) is 5.54 Å². The molecule has 0 bridgehead atoms. The molecule has 8 heavy (non-hydrogen) atoms. The van der Waals surface area contributed by atoms with Gasteiger partial charge in [0.1, 0.15) is 5.69 Å². The Morgan fingerprint density at radius 2 is 2.00 bits per heavy atom. The van der Waals surface area contributed by atoms with Gasteiger partial charge in [-0.1, -0.05) is 0 Å². The zero-order valence-electron chi connectivity index (χ0n) is 3.87. The van der Waals surface area contributed by atoms with Crippen LogP contribution in [0.4, 0.5) is 10.2 Å². The lowest BCUT2D eigenvalue weighted by Crippen LogP contribution is -1.87. The summed E-state index contributed by atoms with van der Waals surface area (Å²) in [5.74, 6) is 0. The quantitative estimate of drug-likeness (QED) is 0.528. The molecule has 1 aromatic rings. The van der Waals surface area contributed by atoms with Gasteiger partial charge in [-0.05, 0) is 5.21 Å². The van der Waals surface area contributed by atoms with Gasteiger partial charge in [-0.2, -0.15) is 0 Å². The van der Waals surface area contributed by atoms with Crippen LogP contribution in [0.25, 0.3) is 0 Å². The molecule has 0 unspecified atom stereocenters. The minimum absolute atomic E-state index is 0.208. The van der Waals surface area contributed by atoms with Crippen LogP contribution >= 0.6 is 0 Å². The average molecular weight is 114 g/mol. The lowest BCUT2D eigenvalue weighted by atomic mass is 10.6. The van der Waals surface area contributed by atoms with Crippen LogP contribution < -0.4 is 5.54 Å². The predicted molar refractivity (Wildman–Crippen MR) is 24.6 cm³/mol. The SMILES string of the molecule is FNc1cnnnc1. The van der Waals surface area contributed by atoms with E-state index in [1.165, 1.54) is 17.9 Å². The van der Waals surface area contributed by atoms with Crippen molar-refractivity contribution in [3.8, 4) is 0 Å². The molecule has 1 heterocycles. The molecular weight excluding hydrogens is 111 g/mol. The smallest absolute Gasteiger partial charge is 0.106 e. The molecule has 1 aromatic heterocycles. The lowest BCUT2D eigenvalue weighted by Gasteiger charge is -1.87. The van der Waals surface area contributed by atoms with E-state index < -0.39 is 0 Å². The van der Waals surface area contributed by atoms with Crippen molar-refractivity contribution in [2.75, 3.05) is 5.54 Å². The Balaban J connectivity index is 2.83. The first kappa shape index (κ1) is 4.89. The molecule has 0 aliphatic heterocycles. The number of nitrogens with zero attached hydrogens (tertiary/aromatic N) is 3. The highest BCUT2D eigenvalue weighted by atomic mass is 19.2. The van der Waals surface area contributed by atoms with Crippen molar-refractivity contribution in [2.45, 2.75) is 0 Å². The highest BCUT2D eigenvalue weighted by Gasteiger charge is 1.84. The summed E-state index contributed by atoms with van der Waals surface area (Å²) in [4.78, 5) is 0. The van der Waals surface area contributed by atoms with Crippen LogP contribution in [0.3, 0.4) is 0 Å². The summed E-state index contributed by atoms with van der Waals surface area (Å²) in [6.07, 6.45) is 2.46. The fourth-order valence-electron chi connectivity index (χ4n) is 0.288. The van der Waals surface area contributed by atoms with Gasteiger partial charge in [-0.15, -0.1) is 14.7 Å². The second-order valence-corrected chi connectivity index (χ2v) is 1.13. The summed E-state index contributed by atoms with van der Waals surface area (Å²) in [5, 5.41) is 9.77. The Morgan fingerprint density at radius 3 is 2.38 bits per heavy atom. The van der Waals surface area contributed by atoms with Crippen LogP contribution in [0.15, 0.2) is 12.4 Å². The van der Waals surface area contributed by atoms with Crippen molar-refractivity contribution in [3.63, 3.8) is 0 Å². The number of anilines is 1. The summed E-state index contributed by atoms with van der Waals surface area (Å²) >= 11 is 0. The molecule has 0 aliphatic rings. The highest BCUT2D eigenvalue weighted by Crippen LogP contribution is 1.96. The largest absolute Gasteiger partial charge is 0.221 e. The Kier molecular flexibility index (Phi) is 1.32. The van der Waals surface area contributed by atoms with Crippen LogP contribution in [0, 0.1) is 0 Å². The molecule has 0 aliphatic carbocycles. The normalized spacial score (nSPS) is 8.62. The number of aromatic nitrogens is 3. The standard InChI is InChI=1S/C3H3FN4/c4-7-3-1-5-8-6-2-3/h1-2H,(H,7,8). The molecule has 0 radical (unpaired) electrons. The molecule has 1 N–H and O–H groups in total. The third kappa shape index (κ3) is 0.868. The Hall–Kier alpha value is -1.26. The van der Waals surface area contributed by atoms with E-state index in [1.807, 2.05) is 0 Å². The molecule has 1 rings (SSSR count). The van der Waals surface area contributed by atoms with Crippen molar-refractivity contribution in [2.24, 2.45) is 0 Å². The van der Waals surface area contributed by atoms with E-state index in [2.05, 4.69) is 15.4 Å². The summed E-state index contributed by atoms with van der Waals surface area (Å²) in [5.41, 5.74) is 1.57. The van der Waals surface area contributed by atoms with Gasteiger partial charge in [0, 0.05) is 0 Å². The predicted octanol–water partition coefficient (Wildman–Crippen LogP) is 0.168. The minimum Gasteiger partial charge on any atom is -0.221 e. The molecule has 5 heteroatoms. The summed E-state index contributed by atoms with van der Waals surface area (Å²) in [6.45, 7) is 0. The van der Waals surface area contributed by atoms with Gasteiger partial charge in [-0.3, -0.25) is 0 Å². The minimum atomic E-state index is 0.208. The van der Waals surface area contributed by atoms with Gasteiger partial charge in [0.15, 0.2) is 0 Å². The molecule has 0 saturated heterocycles. The number of rotatable bonds is 1. The molecule has 0 aromatic carbocycles. The average Bonchev–Trinajstić information content (AvgIpc) is 1.90. The first-order chi connectivity index (χ1) is 3.93. The monoisotopic (exact) mass is 114 g/mol. The van der Waals surface area contributed by atoms with Crippen LogP contribution in [-0.2, 0) is 0 Å². The lowest BCUT2D eigenvalue weighted by molar-refractivity contribution is 0.613. The van der Waals surface area contributed by atoms with Gasteiger partial charge in [0.2, 0.25) is 0 Å². The number of nitrogens with one attached hydrogen (secondary N) is 1. The van der Waals surface area contributed by atoms with E-state index in [4.69, 9.17) is 0 Å². The molecular formula is C3H3FN4. The maximum Gasteiger partial charge on any atom is 0.106 e. The topological polar surface area (TPSA) is 50.7 Å². The third-order valence-electron chi connectivity index (χ3n) is 0.606. The van der Waals surface area contributed by atoms with E-state index >= 15 is 0 Å². The molecule has 0 spiro atoms. The number of hydrogen-bond donors (Lipinski definition) is 1. The van der Waals surface area contributed by atoms with E-state index in [-0.39, 0.29) is 5.69 Å². The Labute approximate surface area is 44.7 Å². The van der Waals surface area contributed by atoms with Crippen LogP contribution in [0.1, 0.15) is 0 Å². The molecule has 0 amide bonds. The fourth-order valence-corrected chi connectivity index (χ4v) is 0.288. The molecule has 0 atom stereocenters. The van der Waals surface area contributed by atoms with E-state index in [0.29, 0.717) is 0 Å². The van der Waals surface area contributed by atoms with Gasteiger partial charge >= 0.3 is 0 Å². The summed E-state index contributed by atoms with van der Waals surface area (Å²) in [7, 11) is 0. The van der Waals surface area contributed by atoms with Crippen LogP contribution in [-0.4, -0.2) is 15.4 Å². The Bertz CT molecular complexity index is 153. The molecule has 4 nitrogen and oxygen atoms in total. The highest BCUT2D eigenvalue weighted by molar-refractivity contribution is 5.32. The van der Waals surface area contributed by atoms with Crippen molar-refractivity contribution >= 4 is 5.69 Å². The van der Waals surface area contributed by atoms with Gasteiger partial charge < -0.3 is 0 Å². The number of halogens is 1. The van der Waals surface area contributed by atoms with Crippen LogP contribution in [0.5, 0.6) is 0 Å². The maximum atomic E-state index is 11.4. The first-order valence-electron chi connectivity index (χ1n) is 1.93. The first-order valence-corrected chi connectivity index (χ1v) is 1.93. The zero-order chi connectivity index (χ0) is 5.82. The molecule has 0 fully saturated rings. The zero-order valence-corrected chi connectivity index (χ0v) is 3.87. The van der Waals surface area contributed by atoms with E-state index in [9.17, 15) is 4.48 Å². The second-order valence-electron chi connectivity index (χ2n) is 1.13. The van der Waals surface area contributed by atoms with Gasteiger partial charge in [0.25, 0.3) is 0 Å². The fraction of sp³-hybridized carbons (Fsp3) is 0. The second kappa shape index (κ2) is 2.15. The third-order valence-corrected chi connectivity index (χ3v) is 0.606. The summed E-state index contributed by atoms with van der Waals surface area (Å²) in [6, 6.07) is 0. The van der Waals surface area contributed by atoms with Crippen molar-refractivity contribution < 1.29 is 4.48 Å². The Morgan fingerprint density at radius 1 is 1.38 bits per heavy atom. The molecule has 42 valence electrons. The van der Waals surface area contributed by atoms with Gasteiger partial charge in [0.05, 0.1) is 12.4 Å².